The zero-order valence-corrected chi connectivity index (χ0v) is 11.7. The molecule has 19 heavy (non-hydrogen) atoms. The van der Waals surface area contributed by atoms with Gasteiger partial charge in [0, 0.05) is 12.6 Å². The summed E-state index contributed by atoms with van der Waals surface area (Å²) in [5.41, 5.74) is 7.39. The van der Waals surface area contributed by atoms with E-state index in [0.717, 1.165) is 18.5 Å². The van der Waals surface area contributed by atoms with Crippen molar-refractivity contribution in [2.75, 3.05) is 24.7 Å². The van der Waals surface area contributed by atoms with E-state index in [1.165, 1.54) is 0 Å². The van der Waals surface area contributed by atoms with E-state index in [-0.39, 0.29) is 17.9 Å². The summed E-state index contributed by atoms with van der Waals surface area (Å²) in [6, 6.07) is 5.78. The molecule has 2 unspecified atom stereocenters. The summed E-state index contributed by atoms with van der Waals surface area (Å²) in [6.45, 7) is 6.13. The third-order valence-corrected chi connectivity index (χ3v) is 3.58. The van der Waals surface area contributed by atoms with E-state index in [0.29, 0.717) is 25.3 Å². The minimum absolute atomic E-state index is 0.0528. The van der Waals surface area contributed by atoms with Crippen LogP contribution in [0.5, 0.6) is 0 Å². The topological polar surface area (TPSA) is 38.5 Å². The Hall–Kier alpha value is -1.13. The second-order valence-electron chi connectivity index (χ2n) is 5.30. The normalized spacial score (nSPS) is 21.5. The van der Waals surface area contributed by atoms with Crippen molar-refractivity contribution in [2.45, 2.75) is 38.8 Å². The molecule has 3 nitrogen and oxygen atoms in total. The van der Waals surface area contributed by atoms with Crippen molar-refractivity contribution >= 4 is 5.69 Å². The zero-order valence-electron chi connectivity index (χ0n) is 11.7. The smallest absolute Gasteiger partial charge is 0.146 e. The average molecular weight is 266 g/mol. The molecule has 0 bridgehead atoms. The fraction of sp³-hybridized carbons (Fsp3) is 0.600. The van der Waals surface area contributed by atoms with Crippen LogP contribution in [0.2, 0.25) is 0 Å². The fourth-order valence-electron chi connectivity index (χ4n) is 2.59. The van der Waals surface area contributed by atoms with Crippen molar-refractivity contribution in [3.8, 4) is 0 Å². The summed E-state index contributed by atoms with van der Waals surface area (Å²) in [7, 11) is 0. The molecule has 2 rings (SSSR count). The standard InChI is InChI=1S/C15H23FN2O/c1-3-13-10-19-7-6-18(13)15-5-4-12(8-11(2)17)9-14(15)16/h4-5,9,11,13H,3,6-8,10,17H2,1-2H3. The number of nitrogens with two attached hydrogens (primary N) is 1. The Labute approximate surface area is 114 Å². The molecule has 1 aromatic carbocycles. The molecule has 4 heteroatoms. The minimum Gasteiger partial charge on any atom is -0.377 e. The highest BCUT2D eigenvalue weighted by Gasteiger charge is 2.23. The maximum Gasteiger partial charge on any atom is 0.146 e. The first-order valence-electron chi connectivity index (χ1n) is 7.00. The number of benzene rings is 1. The molecule has 1 aromatic rings. The van der Waals surface area contributed by atoms with Crippen LogP contribution in [-0.4, -0.2) is 31.8 Å². The van der Waals surface area contributed by atoms with Crippen LogP contribution < -0.4 is 10.6 Å². The van der Waals surface area contributed by atoms with Crippen molar-refractivity contribution in [1.29, 1.82) is 0 Å². The van der Waals surface area contributed by atoms with Gasteiger partial charge in [-0.2, -0.15) is 0 Å². The van der Waals surface area contributed by atoms with Crippen LogP contribution in [0.15, 0.2) is 18.2 Å². The number of anilines is 1. The van der Waals surface area contributed by atoms with E-state index in [9.17, 15) is 4.39 Å². The molecule has 0 spiro atoms. The van der Waals surface area contributed by atoms with Gasteiger partial charge in [-0.15, -0.1) is 0 Å². The summed E-state index contributed by atoms with van der Waals surface area (Å²) in [4.78, 5) is 2.12. The van der Waals surface area contributed by atoms with Gasteiger partial charge in [0.05, 0.1) is 24.9 Å². The molecule has 1 fully saturated rings. The largest absolute Gasteiger partial charge is 0.377 e. The Morgan fingerprint density at radius 3 is 2.95 bits per heavy atom. The Morgan fingerprint density at radius 1 is 1.53 bits per heavy atom. The van der Waals surface area contributed by atoms with E-state index < -0.39 is 0 Å². The number of hydrogen-bond donors (Lipinski definition) is 1. The first kappa shape index (κ1) is 14.3. The molecular weight excluding hydrogens is 243 g/mol. The molecular formula is C15H23FN2O. The van der Waals surface area contributed by atoms with Crippen LogP contribution in [0.25, 0.3) is 0 Å². The van der Waals surface area contributed by atoms with Crippen molar-refractivity contribution in [1.82, 2.24) is 0 Å². The van der Waals surface area contributed by atoms with Crippen LogP contribution in [0.3, 0.4) is 0 Å². The number of rotatable bonds is 4. The number of morpholine rings is 1. The van der Waals surface area contributed by atoms with Gasteiger partial charge in [-0.3, -0.25) is 0 Å². The number of hydrogen-bond acceptors (Lipinski definition) is 3. The molecule has 2 N–H and O–H groups in total. The molecule has 0 aromatic heterocycles. The Kier molecular flexibility index (Phi) is 4.77. The van der Waals surface area contributed by atoms with E-state index in [1.807, 2.05) is 19.1 Å². The quantitative estimate of drug-likeness (QED) is 0.909. The minimum atomic E-state index is -0.154. The van der Waals surface area contributed by atoms with E-state index in [2.05, 4.69) is 11.8 Å². The highest BCUT2D eigenvalue weighted by Crippen LogP contribution is 2.25. The number of ether oxygens (including phenoxy) is 1. The molecule has 106 valence electrons. The van der Waals surface area contributed by atoms with Gasteiger partial charge >= 0.3 is 0 Å². The Bertz CT molecular complexity index is 423. The lowest BCUT2D eigenvalue weighted by atomic mass is 10.1. The van der Waals surface area contributed by atoms with Crippen molar-refractivity contribution in [2.24, 2.45) is 5.73 Å². The van der Waals surface area contributed by atoms with Gasteiger partial charge in [-0.05, 0) is 37.5 Å². The summed E-state index contributed by atoms with van der Waals surface area (Å²) in [6.07, 6.45) is 1.67. The van der Waals surface area contributed by atoms with E-state index in [1.54, 1.807) is 6.07 Å². The number of halogens is 1. The first-order chi connectivity index (χ1) is 9.11. The second kappa shape index (κ2) is 6.35. The fourth-order valence-corrected chi connectivity index (χ4v) is 2.59. The highest BCUT2D eigenvalue weighted by molar-refractivity contribution is 5.50. The summed E-state index contributed by atoms with van der Waals surface area (Å²) in [5.74, 6) is -0.154. The summed E-state index contributed by atoms with van der Waals surface area (Å²) < 4.78 is 19.7. The molecule has 0 aliphatic carbocycles. The third-order valence-electron chi connectivity index (χ3n) is 3.58. The lowest BCUT2D eigenvalue weighted by molar-refractivity contribution is 0.0926. The molecule has 0 radical (unpaired) electrons. The lowest BCUT2D eigenvalue weighted by Gasteiger charge is -2.37. The van der Waals surface area contributed by atoms with Crippen LogP contribution in [-0.2, 0) is 11.2 Å². The lowest BCUT2D eigenvalue weighted by Crippen LogP contribution is -2.45. The molecule has 2 atom stereocenters. The van der Waals surface area contributed by atoms with Crippen LogP contribution in [0.4, 0.5) is 10.1 Å². The van der Waals surface area contributed by atoms with Gasteiger partial charge in [0.25, 0.3) is 0 Å². The Balaban J connectivity index is 2.19. The van der Waals surface area contributed by atoms with Gasteiger partial charge in [-0.1, -0.05) is 13.0 Å². The monoisotopic (exact) mass is 266 g/mol. The maximum atomic E-state index is 14.3. The summed E-state index contributed by atoms with van der Waals surface area (Å²) in [5, 5.41) is 0. The molecule has 1 heterocycles. The SMILES string of the molecule is CCC1COCCN1c1ccc(CC(C)N)cc1F. The Morgan fingerprint density at radius 2 is 2.32 bits per heavy atom. The van der Waals surface area contributed by atoms with Crippen LogP contribution >= 0.6 is 0 Å². The van der Waals surface area contributed by atoms with Crippen molar-refractivity contribution in [3.05, 3.63) is 29.6 Å². The van der Waals surface area contributed by atoms with Gasteiger partial charge in [0.15, 0.2) is 0 Å². The van der Waals surface area contributed by atoms with Gasteiger partial charge in [0.1, 0.15) is 5.82 Å². The van der Waals surface area contributed by atoms with Crippen molar-refractivity contribution in [3.63, 3.8) is 0 Å². The van der Waals surface area contributed by atoms with Crippen LogP contribution in [0.1, 0.15) is 25.8 Å². The van der Waals surface area contributed by atoms with E-state index in [4.69, 9.17) is 10.5 Å². The van der Waals surface area contributed by atoms with Gasteiger partial charge in [0.2, 0.25) is 0 Å². The van der Waals surface area contributed by atoms with Gasteiger partial charge in [-0.25, -0.2) is 4.39 Å². The van der Waals surface area contributed by atoms with Crippen molar-refractivity contribution < 1.29 is 9.13 Å². The zero-order chi connectivity index (χ0) is 13.8. The average Bonchev–Trinajstić information content (AvgIpc) is 2.38. The predicted molar refractivity (Wildman–Crippen MR) is 76.0 cm³/mol. The second-order valence-corrected chi connectivity index (χ2v) is 5.30. The highest BCUT2D eigenvalue weighted by atomic mass is 19.1. The van der Waals surface area contributed by atoms with E-state index >= 15 is 0 Å². The molecule has 0 amide bonds. The summed E-state index contributed by atoms with van der Waals surface area (Å²) >= 11 is 0. The van der Waals surface area contributed by atoms with Gasteiger partial charge < -0.3 is 15.4 Å². The molecule has 1 aliphatic rings. The predicted octanol–water partition coefficient (Wildman–Crippen LogP) is 2.33. The maximum absolute atomic E-state index is 14.3. The van der Waals surface area contributed by atoms with Crippen LogP contribution in [0, 0.1) is 5.82 Å². The molecule has 1 saturated heterocycles. The third kappa shape index (κ3) is 3.45. The molecule has 0 saturated carbocycles. The molecule has 1 aliphatic heterocycles. The number of nitrogens with zero attached hydrogens (tertiary/aromatic N) is 1. The first-order valence-corrected chi connectivity index (χ1v) is 7.00.